The normalized spacial score (nSPS) is 10.8. The summed E-state index contributed by atoms with van der Waals surface area (Å²) < 4.78 is 5.37. The van der Waals surface area contributed by atoms with Crippen LogP contribution in [0.15, 0.2) is 66.9 Å². The average Bonchev–Trinajstić information content (AvgIpc) is 2.87. The number of ether oxygens (including phenoxy) is 1. The lowest BCUT2D eigenvalue weighted by Crippen LogP contribution is -2.33. The van der Waals surface area contributed by atoms with Gasteiger partial charge in [-0.2, -0.15) is 0 Å². The Kier molecular flexibility index (Phi) is 9.74. The maximum absolute atomic E-state index is 11.5. The van der Waals surface area contributed by atoms with Crippen molar-refractivity contribution in [1.29, 1.82) is 0 Å². The zero-order chi connectivity index (χ0) is 25.0. The number of amides is 1. The van der Waals surface area contributed by atoms with Crippen LogP contribution in [0.3, 0.4) is 0 Å². The quantitative estimate of drug-likeness (QED) is 0.359. The molecule has 1 aromatic heterocycles. The summed E-state index contributed by atoms with van der Waals surface area (Å²) in [4.78, 5) is 34.1. The molecule has 0 bridgehead atoms. The summed E-state index contributed by atoms with van der Waals surface area (Å²) in [6.07, 6.45) is 3.44. The predicted octanol–water partition coefficient (Wildman–Crippen LogP) is 4.02. The minimum absolute atomic E-state index is 0.145. The van der Waals surface area contributed by atoms with Gasteiger partial charge in [-0.3, -0.25) is 14.6 Å². The van der Waals surface area contributed by atoms with E-state index in [4.69, 9.17) is 19.8 Å². The highest BCUT2D eigenvalue weighted by molar-refractivity contribution is 5.82. The predicted molar refractivity (Wildman–Crippen MR) is 136 cm³/mol. The summed E-state index contributed by atoms with van der Waals surface area (Å²) in [5, 5.41) is 10.9. The van der Waals surface area contributed by atoms with Crippen LogP contribution in [0, 0.1) is 0 Å². The molecular formula is C27H32N4O4. The van der Waals surface area contributed by atoms with Crippen LogP contribution in [0.4, 0.5) is 5.82 Å². The average molecular weight is 477 g/mol. The number of nitrogens with one attached hydrogen (secondary N) is 1. The van der Waals surface area contributed by atoms with Crippen molar-refractivity contribution in [1.82, 2.24) is 15.3 Å². The Morgan fingerprint density at radius 3 is 2.20 bits per heavy atom. The molecule has 2 aromatic carbocycles. The van der Waals surface area contributed by atoms with Gasteiger partial charge in [0.15, 0.2) is 0 Å². The molecule has 0 fully saturated rings. The molecule has 8 heteroatoms. The number of carboxylic acids is 1. The third-order valence-electron chi connectivity index (χ3n) is 5.38. The van der Waals surface area contributed by atoms with Crippen molar-refractivity contribution < 1.29 is 19.4 Å². The van der Waals surface area contributed by atoms with Crippen molar-refractivity contribution in [3.05, 3.63) is 66.9 Å². The Morgan fingerprint density at radius 1 is 0.971 bits per heavy atom. The fourth-order valence-corrected chi connectivity index (χ4v) is 3.64. The third kappa shape index (κ3) is 7.89. The van der Waals surface area contributed by atoms with Crippen LogP contribution in [-0.2, 0) is 14.3 Å². The summed E-state index contributed by atoms with van der Waals surface area (Å²) in [7, 11) is 0. The largest absolute Gasteiger partial charge is 0.480 e. The van der Waals surface area contributed by atoms with E-state index in [1.54, 1.807) is 0 Å². The monoisotopic (exact) mass is 476 g/mol. The first-order chi connectivity index (χ1) is 17.0. The van der Waals surface area contributed by atoms with Crippen LogP contribution in [0.25, 0.3) is 22.5 Å². The van der Waals surface area contributed by atoms with Gasteiger partial charge in [-0.05, 0) is 26.7 Å². The highest BCUT2D eigenvalue weighted by Crippen LogP contribution is 2.30. The Hall–Kier alpha value is -3.78. The van der Waals surface area contributed by atoms with Crippen molar-refractivity contribution >= 4 is 17.7 Å². The molecule has 8 nitrogen and oxygen atoms in total. The molecule has 1 amide bonds. The summed E-state index contributed by atoms with van der Waals surface area (Å²) in [6, 6.07) is 20.4. The van der Waals surface area contributed by atoms with Crippen LogP contribution >= 0.6 is 0 Å². The molecule has 0 radical (unpaired) electrons. The number of aromatic nitrogens is 2. The first-order valence-electron chi connectivity index (χ1n) is 11.8. The van der Waals surface area contributed by atoms with Gasteiger partial charge in [0.05, 0.1) is 17.6 Å². The number of nitrogens with zero attached hydrogens (tertiary/aromatic N) is 3. The number of rotatable bonds is 13. The zero-order valence-corrected chi connectivity index (χ0v) is 20.2. The van der Waals surface area contributed by atoms with E-state index in [0.717, 1.165) is 47.7 Å². The van der Waals surface area contributed by atoms with E-state index < -0.39 is 18.4 Å². The molecule has 1 heterocycles. The molecule has 3 rings (SSSR count). The molecule has 0 aliphatic heterocycles. The third-order valence-corrected chi connectivity index (χ3v) is 5.38. The van der Waals surface area contributed by atoms with E-state index in [1.165, 1.54) is 0 Å². The maximum Gasteiger partial charge on any atom is 0.322 e. The van der Waals surface area contributed by atoms with Gasteiger partial charge in [0.1, 0.15) is 19.0 Å². The maximum atomic E-state index is 11.5. The lowest BCUT2D eigenvalue weighted by molar-refractivity contribution is -0.138. The number of carbonyl (C=O) groups is 2. The van der Waals surface area contributed by atoms with Gasteiger partial charge in [-0.25, -0.2) is 4.98 Å². The van der Waals surface area contributed by atoms with Crippen molar-refractivity contribution in [2.45, 2.75) is 32.7 Å². The van der Waals surface area contributed by atoms with E-state index in [9.17, 15) is 9.59 Å². The smallest absolute Gasteiger partial charge is 0.322 e. The molecule has 0 saturated heterocycles. The molecule has 35 heavy (non-hydrogen) atoms. The Morgan fingerprint density at radius 2 is 1.60 bits per heavy atom. The van der Waals surface area contributed by atoms with E-state index in [0.29, 0.717) is 6.61 Å². The summed E-state index contributed by atoms with van der Waals surface area (Å²) in [5.41, 5.74) is 3.72. The second-order valence-corrected chi connectivity index (χ2v) is 8.37. The molecule has 3 aromatic rings. The minimum atomic E-state index is -1.08. The first kappa shape index (κ1) is 25.8. The second kappa shape index (κ2) is 13.2. The lowest BCUT2D eigenvalue weighted by atomic mass is 10.0. The number of carboxylic acid groups (broad SMARTS) is 1. The number of hydrogen-bond acceptors (Lipinski definition) is 6. The van der Waals surface area contributed by atoms with Crippen LogP contribution < -0.4 is 10.2 Å². The summed E-state index contributed by atoms with van der Waals surface area (Å²) >= 11 is 0. The van der Waals surface area contributed by atoms with Gasteiger partial charge >= 0.3 is 5.97 Å². The highest BCUT2D eigenvalue weighted by atomic mass is 16.5. The number of anilines is 1. The number of benzene rings is 2. The fourth-order valence-electron chi connectivity index (χ4n) is 3.64. The molecule has 0 atom stereocenters. The molecule has 2 N–H and O–H groups in total. The lowest BCUT2D eigenvalue weighted by Gasteiger charge is -2.28. The standard InChI is InChI=1S/C27H32N4O4/c1-20(2)31(15-9-10-16-35-19-24(32)28-18-25(33)34)23-17-29-26(21-11-5-3-6-12-21)27(30-23)22-13-7-4-8-14-22/h3-8,11-14,17,20H,9-10,15-16,18-19H2,1-2H3,(H,28,32)(H,33,34). The number of aliphatic carboxylic acids is 1. The van der Waals surface area contributed by atoms with Crippen LogP contribution in [0.5, 0.6) is 0 Å². The highest BCUT2D eigenvalue weighted by Gasteiger charge is 2.17. The van der Waals surface area contributed by atoms with Gasteiger partial charge in [-0.15, -0.1) is 0 Å². The van der Waals surface area contributed by atoms with Crippen LogP contribution in [-0.4, -0.2) is 59.3 Å². The second-order valence-electron chi connectivity index (χ2n) is 8.37. The molecular weight excluding hydrogens is 444 g/mol. The molecule has 0 spiro atoms. The number of unbranched alkanes of at least 4 members (excludes halogenated alkanes) is 1. The SMILES string of the molecule is CC(C)N(CCCCOCC(=O)NCC(=O)O)c1cnc(-c2ccccc2)c(-c2ccccc2)n1. The van der Waals surface area contributed by atoms with Gasteiger partial charge < -0.3 is 20.1 Å². The van der Waals surface area contributed by atoms with E-state index in [1.807, 2.05) is 66.9 Å². The van der Waals surface area contributed by atoms with Crippen molar-refractivity contribution in [3.8, 4) is 22.5 Å². The molecule has 184 valence electrons. The summed E-state index contributed by atoms with van der Waals surface area (Å²) in [6.45, 7) is 4.88. The molecule has 0 unspecified atom stereocenters. The zero-order valence-electron chi connectivity index (χ0n) is 20.2. The fraction of sp³-hybridized carbons (Fsp3) is 0.333. The number of hydrogen-bond donors (Lipinski definition) is 2. The molecule has 0 aliphatic rings. The van der Waals surface area contributed by atoms with E-state index in [2.05, 4.69) is 24.1 Å². The Bertz CT molecular complexity index is 1090. The topological polar surface area (TPSA) is 105 Å². The first-order valence-corrected chi connectivity index (χ1v) is 11.8. The van der Waals surface area contributed by atoms with E-state index >= 15 is 0 Å². The molecule has 0 aliphatic carbocycles. The van der Waals surface area contributed by atoms with Crippen molar-refractivity contribution in [3.63, 3.8) is 0 Å². The van der Waals surface area contributed by atoms with Gasteiger partial charge in [0.25, 0.3) is 0 Å². The van der Waals surface area contributed by atoms with E-state index in [-0.39, 0.29) is 12.6 Å². The number of carbonyl (C=O) groups excluding carboxylic acids is 1. The Labute approximate surface area is 206 Å². The molecule has 0 saturated carbocycles. The Balaban J connectivity index is 1.66. The van der Waals surface area contributed by atoms with Gasteiger partial charge in [0.2, 0.25) is 5.91 Å². The van der Waals surface area contributed by atoms with Gasteiger partial charge in [0, 0.05) is 30.3 Å². The van der Waals surface area contributed by atoms with Crippen LogP contribution in [0.1, 0.15) is 26.7 Å². The van der Waals surface area contributed by atoms with Gasteiger partial charge in [-0.1, -0.05) is 60.7 Å². The minimum Gasteiger partial charge on any atom is -0.480 e. The summed E-state index contributed by atoms with van der Waals surface area (Å²) in [5.74, 6) is -0.701. The van der Waals surface area contributed by atoms with Crippen molar-refractivity contribution in [2.24, 2.45) is 0 Å². The van der Waals surface area contributed by atoms with Crippen LogP contribution in [0.2, 0.25) is 0 Å². The van der Waals surface area contributed by atoms with Crippen molar-refractivity contribution in [2.75, 3.05) is 31.2 Å².